The summed E-state index contributed by atoms with van der Waals surface area (Å²) in [5, 5.41) is -0.0985. The number of rotatable bonds is 6. The van der Waals surface area contributed by atoms with Crippen LogP contribution in [0.25, 0.3) is 0 Å². The molecule has 7 heteroatoms. The van der Waals surface area contributed by atoms with E-state index in [-0.39, 0.29) is 17.0 Å². The van der Waals surface area contributed by atoms with Gasteiger partial charge in [0, 0.05) is 20.2 Å². The third kappa shape index (κ3) is 3.22. The lowest BCUT2D eigenvalue weighted by molar-refractivity contribution is 0.148. The van der Waals surface area contributed by atoms with Gasteiger partial charge in [-0.1, -0.05) is 0 Å². The van der Waals surface area contributed by atoms with Gasteiger partial charge < -0.3 is 9.15 Å². The number of methoxy groups -OCH3 is 1. The molecule has 0 aliphatic rings. The molecule has 0 saturated heterocycles. The van der Waals surface area contributed by atoms with Crippen LogP contribution in [-0.2, 0) is 20.6 Å². The first-order valence-electron chi connectivity index (χ1n) is 5.05. The predicted molar refractivity (Wildman–Crippen MR) is 64.6 cm³/mol. The third-order valence-electron chi connectivity index (χ3n) is 2.43. The summed E-state index contributed by atoms with van der Waals surface area (Å²) in [4.78, 5) is 0. The van der Waals surface area contributed by atoms with Gasteiger partial charge >= 0.3 is 0 Å². The van der Waals surface area contributed by atoms with Crippen LogP contribution in [0.4, 0.5) is 0 Å². The lowest BCUT2D eigenvalue weighted by Gasteiger charge is -2.22. The van der Waals surface area contributed by atoms with Crippen molar-refractivity contribution in [2.45, 2.75) is 23.9 Å². The summed E-state index contributed by atoms with van der Waals surface area (Å²) < 4.78 is 35.5. The van der Waals surface area contributed by atoms with Gasteiger partial charge in [-0.2, -0.15) is 4.31 Å². The van der Waals surface area contributed by atoms with Gasteiger partial charge in [0.1, 0.15) is 5.76 Å². The van der Waals surface area contributed by atoms with Crippen LogP contribution >= 0.6 is 11.6 Å². The van der Waals surface area contributed by atoms with Crippen LogP contribution in [0, 0.1) is 0 Å². The van der Waals surface area contributed by atoms with Crippen LogP contribution in [0.1, 0.15) is 12.7 Å². The number of nitrogens with zero attached hydrogens (tertiary/aromatic N) is 1. The van der Waals surface area contributed by atoms with E-state index in [0.717, 1.165) is 0 Å². The van der Waals surface area contributed by atoms with Gasteiger partial charge in [0.05, 0.1) is 12.5 Å². The van der Waals surface area contributed by atoms with Crippen molar-refractivity contribution in [1.82, 2.24) is 4.31 Å². The first kappa shape index (κ1) is 14.5. The summed E-state index contributed by atoms with van der Waals surface area (Å²) in [6.45, 7) is 2.07. The van der Waals surface area contributed by atoms with Gasteiger partial charge in [-0.15, -0.1) is 11.6 Å². The van der Waals surface area contributed by atoms with Crippen LogP contribution in [-0.4, -0.2) is 39.5 Å². The van der Waals surface area contributed by atoms with Crippen molar-refractivity contribution in [2.75, 3.05) is 20.8 Å². The summed E-state index contributed by atoms with van der Waals surface area (Å²) in [6.07, 6.45) is 0. The van der Waals surface area contributed by atoms with Gasteiger partial charge in [0.25, 0.3) is 10.0 Å². The number of furan rings is 1. The van der Waals surface area contributed by atoms with Crippen molar-refractivity contribution in [2.24, 2.45) is 0 Å². The third-order valence-corrected chi connectivity index (χ3v) is 4.54. The van der Waals surface area contributed by atoms with Crippen molar-refractivity contribution in [3.05, 3.63) is 17.9 Å². The SMILES string of the molecule is COCC(C)N(C)S(=O)(=O)c1ccc(CCl)o1. The first-order valence-corrected chi connectivity index (χ1v) is 7.02. The van der Waals surface area contributed by atoms with Crippen molar-refractivity contribution in [3.63, 3.8) is 0 Å². The standard InChI is InChI=1S/C10H16ClNO4S/c1-8(7-15-3)12(2)17(13,14)10-5-4-9(6-11)16-10/h4-5,8H,6-7H2,1-3H3. The van der Waals surface area contributed by atoms with E-state index in [9.17, 15) is 8.42 Å². The maximum Gasteiger partial charge on any atom is 0.276 e. The minimum absolute atomic E-state index is 0.0985. The summed E-state index contributed by atoms with van der Waals surface area (Å²) in [7, 11) is -0.610. The number of halogens is 1. The Labute approximate surface area is 106 Å². The Hall–Kier alpha value is -0.560. The van der Waals surface area contributed by atoms with E-state index < -0.39 is 10.0 Å². The number of alkyl halides is 1. The molecule has 5 nitrogen and oxygen atoms in total. The normalized spacial score (nSPS) is 14.2. The minimum Gasteiger partial charge on any atom is -0.447 e. The highest BCUT2D eigenvalue weighted by molar-refractivity contribution is 7.89. The number of sulfonamides is 1. The maximum atomic E-state index is 12.1. The summed E-state index contributed by atoms with van der Waals surface area (Å²) in [6, 6.07) is 2.69. The topological polar surface area (TPSA) is 59.8 Å². The lowest BCUT2D eigenvalue weighted by atomic mass is 10.4. The van der Waals surface area contributed by atoms with E-state index in [1.165, 1.54) is 24.5 Å². The molecule has 0 aliphatic heterocycles. The molecule has 0 saturated carbocycles. The molecule has 1 heterocycles. The van der Waals surface area contributed by atoms with E-state index in [2.05, 4.69) is 0 Å². The molecule has 0 radical (unpaired) electrons. The average Bonchev–Trinajstić information content (AvgIpc) is 2.77. The van der Waals surface area contributed by atoms with Crippen molar-refractivity contribution < 1.29 is 17.6 Å². The maximum absolute atomic E-state index is 12.1. The average molecular weight is 282 g/mol. The molecule has 1 atom stereocenters. The fourth-order valence-corrected chi connectivity index (χ4v) is 2.71. The van der Waals surface area contributed by atoms with Gasteiger partial charge in [-0.05, 0) is 19.1 Å². The van der Waals surface area contributed by atoms with Crippen LogP contribution < -0.4 is 0 Å². The molecular formula is C10H16ClNO4S. The number of likely N-dealkylation sites (N-methyl/N-ethyl adjacent to an activating group) is 1. The molecule has 17 heavy (non-hydrogen) atoms. The second-order valence-corrected chi connectivity index (χ2v) is 5.88. The quantitative estimate of drug-likeness (QED) is 0.744. The number of ether oxygens (including phenoxy) is 1. The number of hydrogen-bond donors (Lipinski definition) is 0. The first-order chi connectivity index (χ1) is 7.93. The Morgan fingerprint density at radius 3 is 2.65 bits per heavy atom. The zero-order valence-electron chi connectivity index (χ0n) is 10.0. The molecule has 0 spiro atoms. The fraction of sp³-hybridized carbons (Fsp3) is 0.600. The van der Waals surface area contributed by atoms with Crippen molar-refractivity contribution >= 4 is 21.6 Å². The smallest absolute Gasteiger partial charge is 0.276 e. The summed E-state index contributed by atoms with van der Waals surface area (Å²) >= 11 is 5.56. The summed E-state index contributed by atoms with van der Waals surface area (Å²) in [5.74, 6) is 0.574. The van der Waals surface area contributed by atoms with E-state index in [4.69, 9.17) is 20.8 Å². The Morgan fingerprint density at radius 2 is 2.18 bits per heavy atom. The molecule has 1 unspecified atom stereocenters. The molecule has 0 bridgehead atoms. The van der Waals surface area contributed by atoms with Crippen LogP contribution in [0.5, 0.6) is 0 Å². The Balaban J connectivity index is 2.94. The zero-order chi connectivity index (χ0) is 13.1. The minimum atomic E-state index is -3.62. The van der Waals surface area contributed by atoms with Gasteiger partial charge in [-0.3, -0.25) is 0 Å². The molecule has 0 N–H and O–H groups in total. The fourth-order valence-electron chi connectivity index (χ4n) is 1.29. The summed E-state index contributed by atoms with van der Waals surface area (Å²) in [5.41, 5.74) is 0. The largest absolute Gasteiger partial charge is 0.447 e. The molecule has 0 fully saturated rings. The van der Waals surface area contributed by atoms with Gasteiger partial charge in [0.2, 0.25) is 5.09 Å². The lowest BCUT2D eigenvalue weighted by Crippen LogP contribution is -2.37. The molecule has 1 aromatic rings. The molecule has 0 aliphatic carbocycles. The molecular weight excluding hydrogens is 266 g/mol. The monoisotopic (exact) mass is 281 g/mol. The highest BCUT2D eigenvalue weighted by Gasteiger charge is 2.28. The molecule has 1 rings (SSSR count). The second-order valence-electron chi connectivity index (χ2n) is 3.68. The van der Waals surface area contributed by atoms with Crippen LogP contribution in [0.15, 0.2) is 21.6 Å². The molecule has 0 aromatic carbocycles. The van der Waals surface area contributed by atoms with Gasteiger partial charge in [0.15, 0.2) is 0 Å². The highest BCUT2D eigenvalue weighted by Crippen LogP contribution is 2.20. The van der Waals surface area contributed by atoms with E-state index in [1.54, 1.807) is 13.0 Å². The molecule has 0 amide bonds. The van der Waals surface area contributed by atoms with Crippen molar-refractivity contribution in [3.8, 4) is 0 Å². The van der Waals surface area contributed by atoms with Crippen LogP contribution in [0.2, 0.25) is 0 Å². The van der Waals surface area contributed by atoms with E-state index in [1.807, 2.05) is 0 Å². The zero-order valence-corrected chi connectivity index (χ0v) is 11.6. The molecule has 98 valence electrons. The highest BCUT2D eigenvalue weighted by atomic mass is 35.5. The second kappa shape index (κ2) is 5.86. The Kier molecular flexibility index (Phi) is 5.00. The Bertz CT molecular complexity index is 457. The van der Waals surface area contributed by atoms with Gasteiger partial charge in [-0.25, -0.2) is 8.42 Å². The van der Waals surface area contributed by atoms with Crippen LogP contribution in [0.3, 0.4) is 0 Å². The number of hydrogen-bond acceptors (Lipinski definition) is 4. The molecule has 1 aromatic heterocycles. The van der Waals surface area contributed by atoms with E-state index >= 15 is 0 Å². The van der Waals surface area contributed by atoms with Crippen molar-refractivity contribution in [1.29, 1.82) is 0 Å². The predicted octanol–water partition coefficient (Wildman–Crippen LogP) is 1.67. The Morgan fingerprint density at radius 1 is 1.53 bits per heavy atom. The van der Waals surface area contributed by atoms with E-state index in [0.29, 0.717) is 12.4 Å².